The van der Waals surface area contributed by atoms with Crippen molar-refractivity contribution in [3.8, 4) is 17.2 Å². The van der Waals surface area contributed by atoms with Gasteiger partial charge in [0.15, 0.2) is 16.6 Å². The molecule has 4 aromatic rings. The number of aromatic nitrogens is 1. The fourth-order valence-corrected chi connectivity index (χ4v) is 4.43. The molecule has 0 spiro atoms. The summed E-state index contributed by atoms with van der Waals surface area (Å²) in [5, 5.41) is 4.31. The number of rotatable bonds is 7. The Hall–Kier alpha value is -4.57. The van der Waals surface area contributed by atoms with Gasteiger partial charge in [-0.1, -0.05) is 24.3 Å². The van der Waals surface area contributed by atoms with Gasteiger partial charge in [-0.25, -0.2) is 4.79 Å². The van der Waals surface area contributed by atoms with Gasteiger partial charge in [0, 0.05) is 23.6 Å². The highest BCUT2D eigenvalue weighted by Gasteiger charge is 2.19. The first-order chi connectivity index (χ1) is 18.4. The van der Waals surface area contributed by atoms with Gasteiger partial charge in [0.05, 0.1) is 37.5 Å². The quantitative estimate of drug-likeness (QED) is 0.265. The number of aromatic amines is 1. The van der Waals surface area contributed by atoms with Crippen LogP contribution in [0.1, 0.15) is 21.5 Å². The summed E-state index contributed by atoms with van der Waals surface area (Å²) in [4.78, 5) is 30.1. The molecular formula is C28H25N3O6S. The van der Waals surface area contributed by atoms with E-state index in [0.29, 0.717) is 45.5 Å². The lowest BCUT2D eigenvalue weighted by molar-refractivity contribution is 0.0602. The van der Waals surface area contributed by atoms with Gasteiger partial charge in [-0.15, -0.1) is 0 Å². The summed E-state index contributed by atoms with van der Waals surface area (Å²) in [7, 11) is 2.93. The number of carbonyl (C=O) groups is 1. The van der Waals surface area contributed by atoms with Crippen molar-refractivity contribution in [3.63, 3.8) is 0 Å². The number of nitrogens with zero attached hydrogens (tertiary/aromatic N) is 1. The molecule has 0 saturated heterocycles. The van der Waals surface area contributed by atoms with E-state index in [1.807, 2.05) is 41.3 Å². The van der Waals surface area contributed by atoms with Gasteiger partial charge in [-0.2, -0.15) is 0 Å². The number of hydrogen-bond donors (Lipinski definition) is 2. The van der Waals surface area contributed by atoms with Crippen LogP contribution >= 0.6 is 12.2 Å². The standard InChI is InChI=1S/C28H25N3O6S/c1-34-20-9-7-17(8-10-20)14-31(28(38)30-22-6-4-3-5-21(22)27(33)35-2)15-19-11-18-12-24-25(37-16-36-24)13-23(18)29-26(19)32/h3-13H,14-16H2,1-2H3,(H,29,32)(H,30,38). The average Bonchev–Trinajstić information content (AvgIpc) is 3.39. The molecule has 9 nitrogen and oxygen atoms in total. The van der Waals surface area contributed by atoms with Crippen molar-refractivity contribution in [2.24, 2.45) is 0 Å². The predicted molar refractivity (Wildman–Crippen MR) is 147 cm³/mol. The topological polar surface area (TPSA) is 102 Å². The first-order valence-corrected chi connectivity index (χ1v) is 12.2. The zero-order valence-corrected chi connectivity index (χ0v) is 21.6. The van der Waals surface area contributed by atoms with Crippen LogP contribution in [0.15, 0.2) is 71.5 Å². The van der Waals surface area contributed by atoms with Gasteiger partial charge in [0.1, 0.15) is 5.75 Å². The zero-order valence-electron chi connectivity index (χ0n) is 20.8. The SMILES string of the molecule is COC(=O)c1ccccc1NC(=S)N(Cc1ccc(OC)cc1)Cc1cc2cc3c(cc2[nH]c1=O)OCO3. The molecule has 2 N–H and O–H groups in total. The van der Waals surface area contributed by atoms with E-state index >= 15 is 0 Å². The molecule has 0 amide bonds. The van der Waals surface area contributed by atoms with E-state index in [9.17, 15) is 9.59 Å². The Balaban J connectivity index is 1.47. The number of esters is 1. The molecule has 0 saturated carbocycles. The monoisotopic (exact) mass is 531 g/mol. The number of thiocarbonyl (C=S) groups is 1. The normalized spacial score (nSPS) is 11.7. The summed E-state index contributed by atoms with van der Waals surface area (Å²) in [5.41, 5.74) is 2.73. The predicted octanol–water partition coefficient (Wildman–Crippen LogP) is 4.45. The lowest BCUT2D eigenvalue weighted by Crippen LogP contribution is -2.36. The highest BCUT2D eigenvalue weighted by Crippen LogP contribution is 2.35. The molecule has 0 bridgehead atoms. The Morgan fingerprint density at radius 1 is 1.03 bits per heavy atom. The van der Waals surface area contributed by atoms with Crippen LogP contribution in [0.25, 0.3) is 10.9 Å². The first kappa shape index (κ1) is 25.1. The Morgan fingerprint density at radius 2 is 1.76 bits per heavy atom. The largest absolute Gasteiger partial charge is 0.497 e. The highest BCUT2D eigenvalue weighted by atomic mass is 32.1. The number of H-pyrrole nitrogens is 1. The van der Waals surface area contributed by atoms with Crippen molar-refractivity contribution in [2.45, 2.75) is 13.1 Å². The molecule has 1 aliphatic heterocycles. The Labute approximate surface area is 223 Å². The number of pyridine rings is 1. The van der Waals surface area contributed by atoms with E-state index in [2.05, 4.69) is 10.3 Å². The maximum absolute atomic E-state index is 13.1. The average molecular weight is 532 g/mol. The van der Waals surface area contributed by atoms with E-state index in [1.165, 1.54) is 7.11 Å². The number of nitrogens with one attached hydrogen (secondary N) is 2. The lowest BCUT2D eigenvalue weighted by atomic mass is 10.1. The number of para-hydroxylation sites is 1. The molecule has 194 valence electrons. The smallest absolute Gasteiger partial charge is 0.339 e. The molecule has 38 heavy (non-hydrogen) atoms. The van der Waals surface area contributed by atoms with Crippen LogP contribution < -0.4 is 25.1 Å². The third kappa shape index (κ3) is 5.25. The van der Waals surface area contributed by atoms with E-state index in [0.717, 1.165) is 16.7 Å². The Kier molecular flexibility index (Phi) is 7.14. The van der Waals surface area contributed by atoms with Gasteiger partial charge >= 0.3 is 5.97 Å². The van der Waals surface area contributed by atoms with Gasteiger partial charge < -0.3 is 34.1 Å². The van der Waals surface area contributed by atoms with Crippen molar-refractivity contribution in [1.29, 1.82) is 0 Å². The lowest BCUT2D eigenvalue weighted by Gasteiger charge is -2.26. The summed E-state index contributed by atoms with van der Waals surface area (Å²) in [6, 6.07) is 20.0. The molecule has 0 atom stereocenters. The van der Waals surface area contributed by atoms with Gasteiger partial charge in [0.25, 0.3) is 5.56 Å². The second-order valence-corrected chi connectivity index (χ2v) is 8.97. The molecule has 0 radical (unpaired) electrons. The molecule has 10 heteroatoms. The maximum atomic E-state index is 13.1. The van der Waals surface area contributed by atoms with Crippen molar-refractivity contribution < 1.29 is 23.7 Å². The molecule has 1 aliphatic rings. The fourth-order valence-electron chi connectivity index (χ4n) is 4.19. The molecule has 5 rings (SSSR count). The third-order valence-corrected chi connectivity index (χ3v) is 6.53. The minimum absolute atomic E-state index is 0.144. The van der Waals surface area contributed by atoms with Crippen molar-refractivity contribution in [2.75, 3.05) is 26.3 Å². The van der Waals surface area contributed by atoms with Crippen molar-refractivity contribution >= 4 is 39.9 Å². The summed E-state index contributed by atoms with van der Waals surface area (Å²) in [5.74, 6) is 1.47. The Bertz CT molecular complexity index is 1570. The van der Waals surface area contributed by atoms with Crippen molar-refractivity contribution in [1.82, 2.24) is 9.88 Å². The number of carbonyl (C=O) groups excluding carboxylic acids is 1. The van der Waals surface area contributed by atoms with E-state index in [-0.39, 0.29) is 18.9 Å². The number of ether oxygens (including phenoxy) is 4. The van der Waals surface area contributed by atoms with Crippen LogP contribution in [-0.4, -0.2) is 42.0 Å². The molecule has 0 fully saturated rings. The molecule has 0 unspecified atom stereocenters. The third-order valence-electron chi connectivity index (χ3n) is 6.17. The summed E-state index contributed by atoms with van der Waals surface area (Å²) >= 11 is 5.78. The van der Waals surface area contributed by atoms with E-state index in [1.54, 1.807) is 37.4 Å². The van der Waals surface area contributed by atoms with E-state index < -0.39 is 5.97 Å². The number of methoxy groups -OCH3 is 2. The fraction of sp³-hybridized carbons (Fsp3) is 0.179. The van der Waals surface area contributed by atoms with Crippen LogP contribution in [0.2, 0.25) is 0 Å². The van der Waals surface area contributed by atoms with E-state index in [4.69, 9.17) is 31.2 Å². The molecular weight excluding hydrogens is 506 g/mol. The number of hydrogen-bond acceptors (Lipinski definition) is 7. The van der Waals surface area contributed by atoms with Crippen LogP contribution in [0.4, 0.5) is 5.69 Å². The molecule has 1 aromatic heterocycles. The van der Waals surface area contributed by atoms with Crippen molar-refractivity contribution in [3.05, 3.63) is 93.8 Å². The maximum Gasteiger partial charge on any atom is 0.339 e. The number of anilines is 1. The van der Waals surface area contributed by atoms with Gasteiger partial charge in [0.2, 0.25) is 6.79 Å². The van der Waals surface area contributed by atoms with Crippen LogP contribution in [0, 0.1) is 0 Å². The summed E-state index contributed by atoms with van der Waals surface area (Å²) in [6.07, 6.45) is 0. The first-order valence-electron chi connectivity index (χ1n) is 11.8. The highest BCUT2D eigenvalue weighted by molar-refractivity contribution is 7.80. The van der Waals surface area contributed by atoms with Crippen LogP contribution in [0.5, 0.6) is 17.2 Å². The zero-order chi connectivity index (χ0) is 26.6. The second kappa shape index (κ2) is 10.8. The molecule has 3 aromatic carbocycles. The number of benzene rings is 3. The minimum atomic E-state index is -0.484. The summed E-state index contributed by atoms with van der Waals surface area (Å²) < 4.78 is 21.1. The van der Waals surface area contributed by atoms with Gasteiger partial charge in [-0.05, 0) is 54.2 Å². The number of fused-ring (bicyclic) bond motifs is 2. The Morgan fingerprint density at radius 3 is 2.50 bits per heavy atom. The van der Waals surface area contributed by atoms with Gasteiger partial charge in [-0.3, -0.25) is 4.79 Å². The molecule has 2 heterocycles. The van der Waals surface area contributed by atoms with Crippen LogP contribution in [0.3, 0.4) is 0 Å². The second-order valence-electron chi connectivity index (χ2n) is 8.59. The minimum Gasteiger partial charge on any atom is -0.497 e. The molecule has 0 aliphatic carbocycles. The van der Waals surface area contributed by atoms with Crippen LogP contribution in [-0.2, 0) is 17.8 Å². The summed E-state index contributed by atoms with van der Waals surface area (Å²) in [6.45, 7) is 0.748.